The van der Waals surface area contributed by atoms with Gasteiger partial charge in [-0.3, -0.25) is 4.79 Å². The van der Waals surface area contributed by atoms with Crippen molar-refractivity contribution in [1.29, 1.82) is 0 Å². The highest BCUT2D eigenvalue weighted by Gasteiger charge is 2.15. The molecule has 0 saturated carbocycles. The van der Waals surface area contributed by atoms with E-state index in [0.29, 0.717) is 4.88 Å². The number of nitroso groups, excluding NO2 is 1. The summed E-state index contributed by atoms with van der Waals surface area (Å²) in [6, 6.07) is 11.4. The van der Waals surface area contributed by atoms with Crippen LogP contribution in [0.1, 0.15) is 15.2 Å². The van der Waals surface area contributed by atoms with E-state index in [4.69, 9.17) is 0 Å². The van der Waals surface area contributed by atoms with E-state index in [1.165, 1.54) is 11.3 Å². The Morgan fingerprint density at radius 1 is 1.14 bits per heavy atom. The molecule has 2 aromatic rings. The van der Waals surface area contributed by atoms with Crippen molar-refractivity contribution in [1.82, 2.24) is 0 Å². The number of thiophene rings is 1. The molecular formula is C16H13NO4S. The number of rotatable bonds is 5. The fourth-order valence-electron chi connectivity index (χ4n) is 1.77. The van der Waals surface area contributed by atoms with Gasteiger partial charge in [0.15, 0.2) is 11.5 Å². The first-order valence-electron chi connectivity index (χ1n) is 6.39. The van der Waals surface area contributed by atoms with E-state index in [9.17, 15) is 14.5 Å². The van der Waals surface area contributed by atoms with Gasteiger partial charge in [-0.15, -0.1) is 16.2 Å². The summed E-state index contributed by atoms with van der Waals surface area (Å²) < 4.78 is 4.38. The third-order valence-electron chi connectivity index (χ3n) is 2.95. The minimum Gasteiger partial charge on any atom is -0.464 e. The van der Waals surface area contributed by atoms with Gasteiger partial charge in [0, 0.05) is 11.0 Å². The summed E-state index contributed by atoms with van der Waals surface area (Å²) in [5.74, 6) is -1.39. The summed E-state index contributed by atoms with van der Waals surface area (Å²) >= 11 is 1.28. The lowest BCUT2D eigenvalue weighted by Gasteiger charge is -1.97. The first kappa shape index (κ1) is 15.8. The number of aryl methyl sites for hydroxylation is 1. The number of ketones is 1. The van der Waals surface area contributed by atoms with Crippen molar-refractivity contribution in [2.45, 2.75) is 6.92 Å². The monoisotopic (exact) mass is 315 g/mol. The maximum Gasteiger partial charge on any atom is 0.360 e. The van der Waals surface area contributed by atoms with Gasteiger partial charge in [0.1, 0.15) is 0 Å². The maximum atomic E-state index is 12.1. The zero-order valence-corrected chi connectivity index (χ0v) is 12.8. The van der Waals surface area contributed by atoms with Gasteiger partial charge in [-0.2, -0.15) is 0 Å². The van der Waals surface area contributed by atoms with Crippen LogP contribution < -0.4 is 0 Å². The van der Waals surface area contributed by atoms with Crippen LogP contribution in [-0.2, 0) is 9.53 Å². The molecule has 0 saturated heterocycles. The molecule has 0 atom stereocenters. The number of hydrogen-bond donors (Lipinski definition) is 0. The molecule has 6 heteroatoms. The Kier molecular flexibility index (Phi) is 4.95. The molecule has 0 unspecified atom stereocenters. The van der Waals surface area contributed by atoms with E-state index in [1.807, 2.05) is 37.3 Å². The summed E-state index contributed by atoms with van der Waals surface area (Å²) in [5.41, 5.74) is 1.61. The van der Waals surface area contributed by atoms with Gasteiger partial charge >= 0.3 is 5.97 Å². The summed E-state index contributed by atoms with van der Waals surface area (Å²) in [4.78, 5) is 35.2. The molecule has 0 bridgehead atoms. The Bertz CT molecular complexity index is 744. The molecule has 1 aromatic carbocycles. The van der Waals surface area contributed by atoms with Crippen molar-refractivity contribution in [3.8, 4) is 10.4 Å². The van der Waals surface area contributed by atoms with Crippen LogP contribution in [-0.4, -0.2) is 18.9 Å². The zero-order chi connectivity index (χ0) is 16.1. The SMILES string of the molecule is COC(=O)C(=CC(=O)c1ccc(-c2ccc(C)cc2)s1)N=O. The second-order valence-electron chi connectivity index (χ2n) is 4.51. The van der Waals surface area contributed by atoms with Gasteiger partial charge < -0.3 is 4.74 Å². The van der Waals surface area contributed by atoms with E-state index >= 15 is 0 Å². The topological polar surface area (TPSA) is 72.8 Å². The fourth-order valence-corrected chi connectivity index (χ4v) is 2.69. The second-order valence-corrected chi connectivity index (χ2v) is 5.59. The maximum absolute atomic E-state index is 12.1. The lowest BCUT2D eigenvalue weighted by molar-refractivity contribution is -0.136. The Hall–Kier alpha value is -2.60. The van der Waals surface area contributed by atoms with Crippen molar-refractivity contribution in [2.75, 3.05) is 7.11 Å². The molecule has 5 nitrogen and oxygen atoms in total. The van der Waals surface area contributed by atoms with Crippen molar-refractivity contribution < 1.29 is 14.3 Å². The first-order valence-corrected chi connectivity index (χ1v) is 7.21. The molecule has 0 spiro atoms. The minimum atomic E-state index is -0.932. The first-order chi connectivity index (χ1) is 10.5. The van der Waals surface area contributed by atoms with Gasteiger partial charge in [0.2, 0.25) is 0 Å². The molecule has 0 aliphatic heterocycles. The van der Waals surface area contributed by atoms with E-state index in [0.717, 1.165) is 29.2 Å². The predicted octanol–water partition coefficient (Wildman–Crippen LogP) is 3.73. The molecule has 0 N–H and O–H groups in total. The molecule has 0 aliphatic carbocycles. The van der Waals surface area contributed by atoms with Gasteiger partial charge in [0.25, 0.3) is 0 Å². The number of nitrogens with zero attached hydrogens (tertiary/aromatic N) is 1. The number of benzene rings is 1. The largest absolute Gasteiger partial charge is 0.464 e. The average molecular weight is 315 g/mol. The number of allylic oxidation sites excluding steroid dienone is 1. The number of methoxy groups -OCH3 is 1. The van der Waals surface area contributed by atoms with E-state index in [1.54, 1.807) is 6.07 Å². The molecule has 0 aliphatic rings. The van der Waals surface area contributed by atoms with Gasteiger partial charge in [-0.05, 0) is 29.8 Å². The van der Waals surface area contributed by atoms with Gasteiger partial charge in [-0.1, -0.05) is 29.8 Å². The third kappa shape index (κ3) is 3.53. The van der Waals surface area contributed by atoms with Gasteiger partial charge in [-0.25, -0.2) is 4.79 Å². The van der Waals surface area contributed by atoms with Crippen LogP contribution in [0.5, 0.6) is 0 Å². The van der Waals surface area contributed by atoms with Crippen LogP contribution in [0.2, 0.25) is 0 Å². The average Bonchev–Trinajstić information content (AvgIpc) is 3.02. The standard InChI is InChI=1S/C16H13NO4S/c1-10-3-5-11(6-4-10)14-7-8-15(22-14)13(18)9-12(17-20)16(19)21-2/h3-9H,1-2H3. The number of carbonyl (C=O) groups is 2. The second kappa shape index (κ2) is 6.91. The molecule has 0 radical (unpaired) electrons. The molecule has 22 heavy (non-hydrogen) atoms. The van der Waals surface area contributed by atoms with Crippen LogP contribution in [0.3, 0.4) is 0 Å². The quantitative estimate of drug-likeness (QED) is 0.365. The molecule has 0 amide bonds. The van der Waals surface area contributed by atoms with Crippen LogP contribution in [0, 0.1) is 11.8 Å². The smallest absolute Gasteiger partial charge is 0.360 e. The molecule has 112 valence electrons. The van der Waals surface area contributed by atoms with Crippen molar-refractivity contribution in [3.63, 3.8) is 0 Å². The lowest BCUT2D eigenvalue weighted by atomic mass is 10.1. The van der Waals surface area contributed by atoms with Crippen LogP contribution in [0.25, 0.3) is 10.4 Å². The molecular weight excluding hydrogens is 302 g/mol. The van der Waals surface area contributed by atoms with Crippen molar-refractivity contribution in [3.05, 3.63) is 63.5 Å². The summed E-state index contributed by atoms with van der Waals surface area (Å²) in [7, 11) is 1.12. The molecule has 2 rings (SSSR count). The van der Waals surface area contributed by atoms with Gasteiger partial charge in [0.05, 0.1) is 12.0 Å². The summed E-state index contributed by atoms with van der Waals surface area (Å²) in [5, 5.41) is 2.52. The Labute approximate surface area is 131 Å². The Morgan fingerprint density at radius 3 is 2.41 bits per heavy atom. The van der Waals surface area contributed by atoms with E-state index in [-0.39, 0.29) is 0 Å². The summed E-state index contributed by atoms with van der Waals surface area (Å²) in [6.45, 7) is 2.00. The van der Waals surface area contributed by atoms with Crippen LogP contribution in [0.15, 0.2) is 53.3 Å². The number of carbonyl (C=O) groups excluding carboxylic acids is 2. The zero-order valence-electron chi connectivity index (χ0n) is 12.0. The van der Waals surface area contributed by atoms with Crippen LogP contribution in [0.4, 0.5) is 0 Å². The molecule has 1 aromatic heterocycles. The highest BCUT2D eigenvalue weighted by molar-refractivity contribution is 7.17. The third-order valence-corrected chi connectivity index (χ3v) is 4.09. The Morgan fingerprint density at radius 2 is 1.82 bits per heavy atom. The van der Waals surface area contributed by atoms with E-state index in [2.05, 4.69) is 9.91 Å². The number of esters is 1. The minimum absolute atomic E-state index is 0.417. The highest BCUT2D eigenvalue weighted by atomic mass is 32.1. The van der Waals surface area contributed by atoms with Crippen molar-refractivity contribution in [2.24, 2.45) is 5.18 Å². The fraction of sp³-hybridized carbons (Fsp3) is 0.125. The van der Waals surface area contributed by atoms with Crippen molar-refractivity contribution >= 4 is 23.1 Å². The number of ether oxygens (including phenoxy) is 1. The number of hydrogen-bond acceptors (Lipinski definition) is 6. The molecule has 0 fully saturated rings. The normalized spacial score (nSPS) is 11.1. The Balaban J connectivity index is 2.25. The molecule has 1 heterocycles. The van der Waals surface area contributed by atoms with Crippen LogP contribution >= 0.6 is 11.3 Å². The van der Waals surface area contributed by atoms with E-state index < -0.39 is 17.4 Å². The lowest BCUT2D eigenvalue weighted by Crippen LogP contribution is -2.04. The summed E-state index contributed by atoms with van der Waals surface area (Å²) in [6.07, 6.45) is 0.892. The predicted molar refractivity (Wildman–Crippen MR) is 84.7 cm³/mol. The highest BCUT2D eigenvalue weighted by Crippen LogP contribution is 2.29.